The third-order valence-corrected chi connectivity index (χ3v) is 3.86. The second-order valence-electron chi connectivity index (χ2n) is 4.95. The summed E-state index contributed by atoms with van der Waals surface area (Å²) in [6.07, 6.45) is 0. The minimum atomic E-state index is 0.125. The molecular formula is C17H20ClNO. The molecule has 0 amide bonds. The van der Waals surface area contributed by atoms with Gasteiger partial charge in [0.05, 0.1) is 13.2 Å². The maximum Gasteiger partial charge on any atom is 0.119 e. The molecule has 0 aliphatic rings. The number of nitrogens with one attached hydrogen (secondary N) is 1. The van der Waals surface area contributed by atoms with Crippen LogP contribution >= 0.6 is 11.6 Å². The first-order valence-electron chi connectivity index (χ1n) is 6.64. The summed E-state index contributed by atoms with van der Waals surface area (Å²) < 4.78 is 5.27. The number of benzene rings is 2. The lowest BCUT2D eigenvalue weighted by Crippen LogP contribution is -2.19. The zero-order chi connectivity index (χ0) is 14.7. The first kappa shape index (κ1) is 14.9. The summed E-state index contributed by atoms with van der Waals surface area (Å²) in [6.45, 7) is 4.21. The quantitative estimate of drug-likeness (QED) is 0.907. The van der Waals surface area contributed by atoms with E-state index >= 15 is 0 Å². The van der Waals surface area contributed by atoms with Crippen molar-refractivity contribution in [2.45, 2.75) is 19.9 Å². The highest BCUT2D eigenvalue weighted by Crippen LogP contribution is 2.30. The van der Waals surface area contributed by atoms with Gasteiger partial charge < -0.3 is 10.1 Å². The van der Waals surface area contributed by atoms with Gasteiger partial charge in [-0.15, -0.1) is 0 Å². The Morgan fingerprint density at radius 1 is 1.00 bits per heavy atom. The van der Waals surface area contributed by atoms with Gasteiger partial charge in [0.1, 0.15) is 5.75 Å². The minimum absolute atomic E-state index is 0.125. The zero-order valence-electron chi connectivity index (χ0n) is 12.3. The van der Waals surface area contributed by atoms with Gasteiger partial charge in [0.25, 0.3) is 0 Å². The third-order valence-electron chi connectivity index (χ3n) is 3.63. The van der Waals surface area contributed by atoms with Gasteiger partial charge in [0, 0.05) is 5.02 Å². The Labute approximate surface area is 125 Å². The molecule has 1 N–H and O–H groups in total. The number of hydrogen-bond donors (Lipinski definition) is 1. The Kier molecular flexibility index (Phi) is 4.69. The summed E-state index contributed by atoms with van der Waals surface area (Å²) in [4.78, 5) is 0. The van der Waals surface area contributed by atoms with Crippen LogP contribution in [0.25, 0.3) is 0 Å². The highest BCUT2D eigenvalue weighted by Gasteiger charge is 2.17. The summed E-state index contributed by atoms with van der Waals surface area (Å²) >= 11 is 6.15. The van der Waals surface area contributed by atoms with E-state index in [2.05, 4.69) is 37.4 Å². The zero-order valence-corrected chi connectivity index (χ0v) is 13.1. The first-order chi connectivity index (χ1) is 9.56. The lowest BCUT2D eigenvalue weighted by Gasteiger charge is -2.22. The van der Waals surface area contributed by atoms with Gasteiger partial charge in [-0.2, -0.15) is 0 Å². The monoisotopic (exact) mass is 289 g/mol. The molecule has 0 bridgehead atoms. The summed E-state index contributed by atoms with van der Waals surface area (Å²) in [7, 11) is 3.65. The molecule has 2 rings (SSSR count). The summed E-state index contributed by atoms with van der Waals surface area (Å²) in [5.41, 5.74) is 4.86. The molecular weight excluding hydrogens is 270 g/mol. The fourth-order valence-corrected chi connectivity index (χ4v) is 2.68. The van der Waals surface area contributed by atoms with Gasteiger partial charge in [-0.25, -0.2) is 0 Å². The van der Waals surface area contributed by atoms with E-state index in [4.69, 9.17) is 16.3 Å². The van der Waals surface area contributed by atoms with Crippen molar-refractivity contribution in [3.63, 3.8) is 0 Å². The topological polar surface area (TPSA) is 21.3 Å². The Bertz CT molecular complexity index is 610. The second-order valence-corrected chi connectivity index (χ2v) is 5.38. The Morgan fingerprint density at radius 2 is 1.75 bits per heavy atom. The second kappa shape index (κ2) is 6.29. The lowest BCUT2D eigenvalue weighted by atomic mass is 9.92. The molecule has 2 nitrogen and oxygen atoms in total. The predicted molar refractivity (Wildman–Crippen MR) is 84.8 cm³/mol. The van der Waals surface area contributed by atoms with Gasteiger partial charge >= 0.3 is 0 Å². The van der Waals surface area contributed by atoms with Crippen molar-refractivity contribution in [2.75, 3.05) is 14.2 Å². The number of aryl methyl sites for hydroxylation is 2. The maximum atomic E-state index is 6.15. The van der Waals surface area contributed by atoms with E-state index in [1.807, 2.05) is 25.2 Å². The van der Waals surface area contributed by atoms with E-state index in [-0.39, 0.29) is 6.04 Å². The fourth-order valence-electron chi connectivity index (χ4n) is 2.50. The van der Waals surface area contributed by atoms with Crippen LogP contribution in [-0.2, 0) is 0 Å². The molecule has 20 heavy (non-hydrogen) atoms. The number of methoxy groups -OCH3 is 1. The highest BCUT2D eigenvalue weighted by atomic mass is 35.5. The smallest absolute Gasteiger partial charge is 0.119 e. The highest BCUT2D eigenvalue weighted by molar-refractivity contribution is 6.30. The van der Waals surface area contributed by atoms with Crippen molar-refractivity contribution in [3.05, 3.63) is 63.7 Å². The lowest BCUT2D eigenvalue weighted by molar-refractivity contribution is 0.414. The van der Waals surface area contributed by atoms with Gasteiger partial charge in [-0.3, -0.25) is 0 Å². The summed E-state index contributed by atoms with van der Waals surface area (Å²) in [6, 6.07) is 12.3. The van der Waals surface area contributed by atoms with Crippen molar-refractivity contribution in [1.29, 1.82) is 0 Å². The van der Waals surface area contributed by atoms with E-state index in [0.717, 1.165) is 10.8 Å². The average Bonchev–Trinajstić information content (AvgIpc) is 2.44. The fraction of sp³-hybridized carbons (Fsp3) is 0.294. The Balaban J connectivity index is 2.49. The van der Waals surface area contributed by atoms with Crippen LogP contribution in [0.3, 0.4) is 0 Å². The molecule has 3 heteroatoms. The van der Waals surface area contributed by atoms with E-state index in [9.17, 15) is 0 Å². The SMILES string of the molecule is CNC(c1ccc(OC)cc1C)c1cc(Cl)ccc1C. The van der Waals surface area contributed by atoms with Gasteiger partial charge in [-0.1, -0.05) is 23.7 Å². The van der Waals surface area contributed by atoms with Crippen LogP contribution in [0.1, 0.15) is 28.3 Å². The molecule has 1 unspecified atom stereocenters. The predicted octanol–water partition coefficient (Wildman–Crippen LogP) is 4.27. The number of ether oxygens (including phenoxy) is 1. The van der Waals surface area contributed by atoms with Crippen molar-refractivity contribution in [1.82, 2.24) is 5.32 Å². The molecule has 0 aromatic heterocycles. The van der Waals surface area contributed by atoms with Crippen LogP contribution in [0.5, 0.6) is 5.75 Å². The Hall–Kier alpha value is -1.51. The average molecular weight is 290 g/mol. The van der Waals surface area contributed by atoms with Crippen LogP contribution in [-0.4, -0.2) is 14.2 Å². The molecule has 0 spiro atoms. The third kappa shape index (κ3) is 2.97. The van der Waals surface area contributed by atoms with Crippen LogP contribution < -0.4 is 10.1 Å². The van der Waals surface area contributed by atoms with Crippen LogP contribution in [0.4, 0.5) is 0 Å². The molecule has 0 aliphatic heterocycles. The Morgan fingerprint density at radius 3 is 2.35 bits per heavy atom. The van der Waals surface area contributed by atoms with Crippen molar-refractivity contribution >= 4 is 11.6 Å². The summed E-state index contributed by atoms with van der Waals surface area (Å²) in [5, 5.41) is 4.14. The van der Waals surface area contributed by atoms with E-state index in [0.29, 0.717) is 0 Å². The van der Waals surface area contributed by atoms with Crippen molar-refractivity contribution in [3.8, 4) is 5.75 Å². The van der Waals surface area contributed by atoms with Crippen LogP contribution in [0.15, 0.2) is 36.4 Å². The van der Waals surface area contributed by atoms with E-state index < -0.39 is 0 Å². The molecule has 0 heterocycles. The molecule has 0 saturated carbocycles. The van der Waals surface area contributed by atoms with Crippen molar-refractivity contribution in [2.24, 2.45) is 0 Å². The minimum Gasteiger partial charge on any atom is -0.497 e. The number of rotatable bonds is 4. The molecule has 0 saturated heterocycles. The number of halogens is 1. The molecule has 2 aromatic rings. The standard InChI is InChI=1S/C17H20ClNO/c1-11-5-6-13(18)10-16(11)17(19-3)15-8-7-14(20-4)9-12(15)2/h5-10,17,19H,1-4H3. The van der Waals surface area contributed by atoms with E-state index in [1.165, 1.54) is 22.3 Å². The molecule has 0 fully saturated rings. The van der Waals surface area contributed by atoms with Crippen LogP contribution in [0, 0.1) is 13.8 Å². The van der Waals surface area contributed by atoms with Crippen molar-refractivity contribution < 1.29 is 4.74 Å². The maximum absolute atomic E-state index is 6.15. The number of hydrogen-bond acceptors (Lipinski definition) is 2. The van der Waals surface area contributed by atoms with E-state index in [1.54, 1.807) is 7.11 Å². The first-order valence-corrected chi connectivity index (χ1v) is 7.02. The molecule has 2 aromatic carbocycles. The summed E-state index contributed by atoms with van der Waals surface area (Å²) in [5.74, 6) is 0.879. The van der Waals surface area contributed by atoms with Gasteiger partial charge in [0.2, 0.25) is 0 Å². The van der Waals surface area contributed by atoms with Crippen LogP contribution in [0.2, 0.25) is 5.02 Å². The molecule has 1 atom stereocenters. The largest absolute Gasteiger partial charge is 0.497 e. The molecule has 106 valence electrons. The van der Waals surface area contributed by atoms with Gasteiger partial charge in [0.15, 0.2) is 0 Å². The molecule has 0 radical (unpaired) electrons. The normalized spacial score (nSPS) is 12.2. The van der Waals surface area contributed by atoms with Gasteiger partial charge in [-0.05, 0) is 67.4 Å². The molecule has 0 aliphatic carbocycles.